The van der Waals surface area contributed by atoms with E-state index in [9.17, 15) is 18.0 Å². The number of benzene rings is 2. The number of carbonyl (C=O) groups is 2. The molecule has 0 saturated carbocycles. The molecule has 1 saturated heterocycles. The summed E-state index contributed by atoms with van der Waals surface area (Å²) in [5, 5.41) is 2.84. The van der Waals surface area contributed by atoms with Crippen molar-refractivity contribution >= 4 is 21.8 Å². The van der Waals surface area contributed by atoms with Gasteiger partial charge in [-0.3, -0.25) is 9.59 Å². The van der Waals surface area contributed by atoms with Gasteiger partial charge in [-0.25, -0.2) is 8.42 Å². The molecule has 2 aromatic rings. The lowest BCUT2D eigenvalue weighted by Crippen LogP contribution is -2.39. The number of rotatable bonds is 5. The summed E-state index contributed by atoms with van der Waals surface area (Å²) in [4.78, 5) is 27.3. The highest BCUT2D eigenvalue weighted by molar-refractivity contribution is 7.88. The Hall–Kier alpha value is -2.91. The zero-order valence-corrected chi connectivity index (χ0v) is 19.9. The van der Waals surface area contributed by atoms with E-state index in [2.05, 4.69) is 5.32 Å². The Morgan fingerprint density at radius 2 is 1.85 bits per heavy atom. The molecule has 1 atom stereocenters. The van der Waals surface area contributed by atoms with E-state index < -0.39 is 16.1 Å². The van der Waals surface area contributed by atoms with Crippen LogP contribution in [-0.4, -0.2) is 69.0 Å². The van der Waals surface area contributed by atoms with E-state index in [1.807, 2.05) is 54.6 Å². The molecular weight excluding hydrogens is 442 g/mol. The van der Waals surface area contributed by atoms with Crippen molar-refractivity contribution in [2.45, 2.75) is 25.3 Å². The van der Waals surface area contributed by atoms with Gasteiger partial charge in [0.05, 0.1) is 25.8 Å². The minimum atomic E-state index is -3.58. The third kappa shape index (κ3) is 7.03. The molecule has 2 amide bonds. The van der Waals surface area contributed by atoms with Crippen molar-refractivity contribution in [3.05, 3.63) is 65.7 Å². The van der Waals surface area contributed by atoms with Crippen LogP contribution in [0, 0.1) is 0 Å². The molecule has 3 rings (SSSR count). The first-order valence-corrected chi connectivity index (χ1v) is 12.8. The van der Waals surface area contributed by atoms with Crippen LogP contribution < -0.4 is 10.1 Å². The van der Waals surface area contributed by atoms with Gasteiger partial charge in [0.2, 0.25) is 21.8 Å². The molecule has 0 radical (unpaired) electrons. The van der Waals surface area contributed by atoms with Crippen molar-refractivity contribution < 1.29 is 22.7 Å². The Morgan fingerprint density at radius 1 is 1.09 bits per heavy atom. The molecule has 1 unspecified atom stereocenters. The average Bonchev–Trinajstić information content (AvgIpc) is 2.82. The van der Waals surface area contributed by atoms with Crippen molar-refractivity contribution in [3.63, 3.8) is 0 Å². The molecule has 0 aromatic heterocycles. The second kappa shape index (κ2) is 11.3. The lowest BCUT2D eigenvalue weighted by Gasteiger charge is -2.30. The van der Waals surface area contributed by atoms with Crippen molar-refractivity contribution in [3.8, 4) is 5.75 Å². The zero-order valence-electron chi connectivity index (χ0n) is 19.1. The quantitative estimate of drug-likeness (QED) is 0.716. The second-order valence-electron chi connectivity index (χ2n) is 8.12. The Bertz CT molecular complexity index is 1060. The van der Waals surface area contributed by atoms with Gasteiger partial charge in [-0.05, 0) is 29.7 Å². The number of methoxy groups -OCH3 is 1. The summed E-state index contributed by atoms with van der Waals surface area (Å²) in [7, 11) is -2.01. The Kier molecular flexibility index (Phi) is 8.46. The number of sulfonamides is 1. The molecule has 0 bridgehead atoms. The number of ether oxygens (including phenoxy) is 1. The van der Waals surface area contributed by atoms with E-state index in [1.165, 1.54) is 4.31 Å². The average molecular weight is 474 g/mol. The fraction of sp³-hybridized carbons (Fsp3) is 0.417. The molecule has 1 N–H and O–H groups in total. The molecule has 0 spiro atoms. The Morgan fingerprint density at radius 3 is 2.55 bits per heavy atom. The molecular formula is C24H31N3O5S. The first kappa shape index (κ1) is 24.7. The predicted molar refractivity (Wildman–Crippen MR) is 126 cm³/mol. The standard InChI is InChI=1S/C24H31N3O5S/c1-32-21-11-6-8-19(16-21)17-24(29)26-13-7-14-27(33(2,30)31)22(18-23(28)25-12-15-26)20-9-4-3-5-10-20/h3-6,8-11,16,22H,7,12-15,17-18H2,1-2H3,(H,25,28). The molecule has 1 aliphatic heterocycles. The monoisotopic (exact) mass is 473 g/mol. The Labute approximate surface area is 195 Å². The van der Waals surface area contributed by atoms with Crippen LogP contribution in [0.4, 0.5) is 0 Å². The van der Waals surface area contributed by atoms with Gasteiger partial charge in [0.15, 0.2) is 0 Å². The fourth-order valence-corrected chi connectivity index (χ4v) is 5.16. The summed E-state index contributed by atoms with van der Waals surface area (Å²) in [6.07, 6.45) is 1.85. The molecule has 33 heavy (non-hydrogen) atoms. The molecule has 9 heteroatoms. The lowest BCUT2D eigenvalue weighted by atomic mass is 10.0. The SMILES string of the molecule is COc1cccc(CC(=O)N2CCCN(S(C)(=O)=O)C(c3ccccc3)CC(=O)NCC2)c1. The lowest BCUT2D eigenvalue weighted by molar-refractivity contribution is -0.131. The van der Waals surface area contributed by atoms with Crippen LogP contribution in [-0.2, 0) is 26.0 Å². The third-order valence-corrected chi connectivity index (χ3v) is 6.98. The maximum absolute atomic E-state index is 13.0. The Balaban J connectivity index is 1.78. The minimum absolute atomic E-state index is 0.0227. The van der Waals surface area contributed by atoms with Crippen LogP contribution in [0.25, 0.3) is 0 Å². The van der Waals surface area contributed by atoms with Crippen LogP contribution in [0.1, 0.15) is 30.0 Å². The van der Waals surface area contributed by atoms with E-state index in [0.717, 1.165) is 17.4 Å². The van der Waals surface area contributed by atoms with Crippen LogP contribution in [0.15, 0.2) is 54.6 Å². The number of hydrogen-bond acceptors (Lipinski definition) is 5. The number of amides is 2. The van der Waals surface area contributed by atoms with Gasteiger partial charge < -0.3 is 15.0 Å². The molecule has 1 fully saturated rings. The van der Waals surface area contributed by atoms with Crippen LogP contribution >= 0.6 is 0 Å². The summed E-state index contributed by atoms with van der Waals surface area (Å²) in [6, 6.07) is 15.9. The molecule has 2 aromatic carbocycles. The summed E-state index contributed by atoms with van der Waals surface area (Å²) >= 11 is 0. The summed E-state index contributed by atoms with van der Waals surface area (Å²) in [6.45, 7) is 1.29. The first-order chi connectivity index (χ1) is 15.8. The van der Waals surface area contributed by atoms with E-state index in [4.69, 9.17) is 4.74 Å². The maximum atomic E-state index is 13.0. The molecule has 8 nitrogen and oxygen atoms in total. The van der Waals surface area contributed by atoms with Gasteiger partial charge in [-0.15, -0.1) is 0 Å². The fourth-order valence-electron chi connectivity index (χ4n) is 4.04. The van der Waals surface area contributed by atoms with Crippen LogP contribution in [0.3, 0.4) is 0 Å². The van der Waals surface area contributed by atoms with E-state index >= 15 is 0 Å². The van der Waals surface area contributed by atoms with Crippen molar-refractivity contribution in [1.29, 1.82) is 0 Å². The first-order valence-electron chi connectivity index (χ1n) is 11.0. The third-order valence-electron chi connectivity index (χ3n) is 5.69. The maximum Gasteiger partial charge on any atom is 0.227 e. The largest absolute Gasteiger partial charge is 0.497 e. The summed E-state index contributed by atoms with van der Waals surface area (Å²) in [5.41, 5.74) is 1.60. The normalized spacial score (nSPS) is 18.8. The smallest absolute Gasteiger partial charge is 0.227 e. The van der Waals surface area contributed by atoms with E-state index in [1.54, 1.807) is 12.0 Å². The summed E-state index contributed by atoms with van der Waals surface area (Å²) < 4.78 is 31.9. The highest BCUT2D eigenvalue weighted by atomic mass is 32.2. The topological polar surface area (TPSA) is 96.0 Å². The summed E-state index contributed by atoms with van der Waals surface area (Å²) in [5.74, 6) is 0.350. The van der Waals surface area contributed by atoms with Crippen LogP contribution in [0.2, 0.25) is 0 Å². The zero-order chi connectivity index (χ0) is 23.8. The number of carbonyl (C=O) groups excluding carboxylic acids is 2. The molecule has 0 aliphatic carbocycles. The molecule has 1 aliphatic rings. The molecule has 1 heterocycles. The van der Waals surface area contributed by atoms with Gasteiger partial charge >= 0.3 is 0 Å². The van der Waals surface area contributed by atoms with E-state index in [0.29, 0.717) is 31.8 Å². The van der Waals surface area contributed by atoms with Gasteiger partial charge in [0, 0.05) is 32.6 Å². The van der Waals surface area contributed by atoms with Gasteiger partial charge in [-0.1, -0.05) is 42.5 Å². The predicted octanol–water partition coefficient (Wildman–Crippen LogP) is 1.98. The van der Waals surface area contributed by atoms with Crippen molar-refractivity contribution in [1.82, 2.24) is 14.5 Å². The van der Waals surface area contributed by atoms with E-state index in [-0.39, 0.29) is 31.2 Å². The highest BCUT2D eigenvalue weighted by Crippen LogP contribution is 2.27. The molecule has 178 valence electrons. The second-order valence-corrected chi connectivity index (χ2v) is 10.1. The van der Waals surface area contributed by atoms with Crippen molar-refractivity contribution in [2.75, 3.05) is 39.5 Å². The number of hydrogen-bond donors (Lipinski definition) is 1. The minimum Gasteiger partial charge on any atom is -0.497 e. The number of nitrogens with zero attached hydrogens (tertiary/aromatic N) is 2. The van der Waals surface area contributed by atoms with Gasteiger partial charge in [0.1, 0.15) is 5.75 Å². The van der Waals surface area contributed by atoms with Crippen LogP contribution in [0.5, 0.6) is 5.75 Å². The van der Waals surface area contributed by atoms with Gasteiger partial charge in [-0.2, -0.15) is 4.31 Å². The van der Waals surface area contributed by atoms with Crippen molar-refractivity contribution in [2.24, 2.45) is 0 Å². The number of nitrogens with one attached hydrogen (secondary N) is 1. The highest BCUT2D eigenvalue weighted by Gasteiger charge is 2.30. The van der Waals surface area contributed by atoms with Gasteiger partial charge in [0.25, 0.3) is 0 Å².